The Balaban J connectivity index is 1.58. The average molecular weight is 357 g/mol. The fourth-order valence-electron chi connectivity index (χ4n) is 3.09. The Morgan fingerprint density at radius 3 is 2.67 bits per heavy atom. The number of hydrogen-bond acceptors (Lipinski definition) is 5. The third-order valence-electron chi connectivity index (χ3n) is 4.44. The lowest BCUT2D eigenvalue weighted by Gasteiger charge is -2.15. The van der Waals surface area contributed by atoms with Gasteiger partial charge in [0.05, 0.1) is 11.6 Å². The summed E-state index contributed by atoms with van der Waals surface area (Å²) in [5, 5.41) is 8.97. The molecular formula is C21H15N3O3. The second kappa shape index (κ2) is 6.89. The van der Waals surface area contributed by atoms with E-state index in [0.29, 0.717) is 23.1 Å². The number of ether oxygens (including phenoxy) is 1. The standard InChI is InChI=1S/C21H15N3O3/c22-13-15-4-1-3-14(11-15)12-18-21(26)27-20(23-18)16-6-8-17(9-7-16)24-10-2-5-19(24)25/h1,3-4,6-9,11-12H,2,5,10H2. The van der Waals surface area contributed by atoms with Crippen LogP contribution in [0.4, 0.5) is 5.69 Å². The van der Waals surface area contributed by atoms with E-state index in [0.717, 1.165) is 18.7 Å². The van der Waals surface area contributed by atoms with Gasteiger partial charge in [-0.3, -0.25) is 4.79 Å². The number of carbonyl (C=O) groups excluding carboxylic acids is 2. The molecule has 0 spiro atoms. The minimum Gasteiger partial charge on any atom is -0.402 e. The highest BCUT2D eigenvalue weighted by molar-refractivity contribution is 6.13. The predicted octanol–water partition coefficient (Wildman–Crippen LogP) is 3.03. The van der Waals surface area contributed by atoms with Gasteiger partial charge in [-0.05, 0) is 54.5 Å². The number of esters is 1. The summed E-state index contributed by atoms with van der Waals surface area (Å²) in [5.74, 6) is -0.189. The molecule has 6 nitrogen and oxygen atoms in total. The van der Waals surface area contributed by atoms with Gasteiger partial charge in [-0.1, -0.05) is 12.1 Å². The Kier molecular flexibility index (Phi) is 4.27. The highest BCUT2D eigenvalue weighted by atomic mass is 16.6. The summed E-state index contributed by atoms with van der Waals surface area (Å²) in [4.78, 5) is 30.0. The number of benzene rings is 2. The molecule has 0 aromatic heterocycles. The van der Waals surface area contributed by atoms with E-state index >= 15 is 0 Å². The van der Waals surface area contributed by atoms with E-state index in [1.54, 1.807) is 47.4 Å². The zero-order chi connectivity index (χ0) is 18.8. The zero-order valence-corrected chi connectivity index (χ0v) is 14.4. The second-order valence-corrected chi connectivity index (χ2v) is 6.27. The Hall–Kier alpha value is -3.72. The lowest BCUT2D eigenvalue weighted by Crippen LogP contribution is -2.23. The van der Waals surface area contributed by atoms with Crippen molar-refractivity contribution < 1.29 is 14.3 Å². The minimum atomic E-state index is -0.536. The van der Waals surface area contributed by atoms with Gasteiger partial charge in [-0.2, -0.15) is 5.26 Å². The van der Waals surface area contributed by atoms with Crippen molar-refractivity contribution in [3.8, 4) is 6.07 Å². The molecule has 2 heterocycles. The van der Waals surface area contributed by atoms with Gasteiger partial charge in [-0.25, -0.2) is 9.79 Å². The number of anilines is 1. The van der Waals surface area contributed by atoms with Crippen LogP contribution in [0.25, 0.3) is 6.08 Å². The van der Waals surface area contributed by atoms with Crippen molar-refractivity contribution in [2.75, 3.05) is 11.4 Å². The van der Waals surface area contributed by atoms with Crippen LogP contribution in [0.5, 0.6) is 0 Å². The third-order valence-corrected chi connectivity index (χ3v) is 4.44. The number of carbonyl (C=O) groups is 2. The van der Waals surface area contributed by atoms with Crippen LogP contribution in [0, 0.1) is 11.3 Å². The molecule has 1 amide bonds. The summed E-state index contributed by atoms with van der Waals surface area (Å²) < 4.78 is 5.27. The fraction of sp³-hybridized carbons (Fsp3) is 0.143. The smallest absolute Gasteiger partial charge is 0.363 e. The Morgan fingerprint density at radius 1 is 1.15 bits per heavy atom. The summed E-state index contributed by atoms with van der Waals surface area (Å²) in [5.41, 5.74) is 2.88. The molecule has 0 unspecified atom stereocenters. The Morgan fingerprint density at radius 2 is 1.96 bits per heavy atom. The second-order valence-electron chi connectivity index (χ2n) is 6.27. The van der Waals surface area contributed by atoms with Crippen molar-refractivity contribution in [1.82, 2.24) is 0 Å². The van der Waals surface area contributed by atoms with E-state index in [1.807, 2.05) is 12.1 Å². The highest BCUT2D eigenvalue weighted by Crippen LogP contribution is 2.24. The number of cyclic esters (lactones) is 1. The van der Waals surface area contributed by atoms with Crippen LogP contribution in [-0.4, -0.2) is 24.3 Å². The molecule has 2 aromatic carbocycles. The lowest BCUT2D eigenvalue weighted by molar-refractivity contribution is -0.130. The topological polar surface area (TPSA) is 82.8 Å². The van der Waals surface area contributed by atoms with E-state index in [-0.39, 0.29) is 17.5 Å². The van der Waals surface area contributed by atoms with Gasteiger partial charge in [0.1, 0.15) is 0 Å². The Bertz CT molecular complexity index is 1030. The molecular weight excluding hydrogens is 342 g/mol. The van der Waals surface area contributed by atoms with Crippen molar-refractivity contribution in [1.29, 1.82) is 5.26 Å². The maximum atomic E-state index is 12.1. The monoisotopic (exact) mass is 357 g/mol. The highest BCUT2D eigenvalue weighted by Gasteiger charge is 2.25. The molecule has 4 rings (SSSR count). The van der Waals surface area contributed by atoms with E-state index in [4.69, 9.17) is 10.00 Å². The fourth-order valence-corrected chi connectivity index (χ4v) is 3.09. The summed E-state index contributed by atoms with van der Waals surface area (Å²) in [6.07, 6.45) is 3.03. The molecule has 2 aromatic rings. The van der Waals surface area contributed by atoms with Crippen LogP contribution in [0.1, 0.15) is 29.5 Å². The van der Waals surface area contributed by atoms with Crippen molar-refractivity contribution in [2.45, 2.75) is 12.8 Å². The van der Waals surface area contributed by atoms with Gasteiger partial charge < -0.3 is 9.64 Å². The van der Waals surface area contributed by atoms with Gasteiger partial charge in [0.15, 0.2) is 5.70 Å². The van der Waals surface area contributed by atoms with Gasteiger partial charge in [-0.15, -0.1) is 0 Å². The van der Waals surface area contributed by atoms with Crippen molar-refractivity contribution in [3.63, 3.8) is 0 Å². The summed E-state index contributed by atoms with van der Waals surface area (Å²) in [7, 11) is 0. The molecule has 1 saturated heterocycles. The molecule has 2 aliphatic heterocycles. The largest absolute Gasteiger partial charge is 0.402 e. The van der Waals surface area contributed by atoms with Crippen LogP contribution in [0.15, 0.2) is 59.2 Å². The molecule has 0 aliphatic carbocycles. The summed E-state index contributed by atoms with van der Waals surface area (Å²) in [6.45, 7) is 0.725. The quantitative estimate of drug-likeness (QED) is 0.624. The number of rotatable bonds is 3. The molecule has 0 N–H and O–H groups in total. The number of amides is 1. The molecule has 0 bridgehead atoms. The van der Waals surface area contributed by atoms with Crippen LogP contribution >= 0.6 is 0 Å². The minimum absolute atomic E-state index is 0.122. The first-order valence-electron chi connectivity index (χ1n) is 8.57. The summed E-state index contributed by atoms with van der Waals surface area (Å²) in [6, 6.07) is 16.2. The first-order chi connectivity index (χ1) is 13.1. The molecule has 132 valence electrons. The number of hydrogen-bond donors (Lipinski definition) is 0. The van der Waals surface area contributed by atoms with E-state index < -0.39 is 5.97 Å². The van der Waals surface area contributed by atoms with Gasteiger partial charge in [0.2, 0.25) is 11.8 Å². The van der Waals surface area contributed by atoms with Crippen LogP contribution < -0.4 is 4.90 Å². The van der Waals surface area contributed by atoms with Crippen LogP contribution in [0.3, 0.4) is 0 Å². The maximum Gasteiger partial charge on any atom is 0.363 e. The van der Waals surface area contributed by atoms with Gasteiger partial charge in [0.25, 0.3) is 0 Å². The van der Waals surface area contributed by atoms with Gasteiger partial charge >= 0.3 is 5.97 Å². The molecule has 1 fully saturated rings. The van der Waals surface area contributed by atoms with E-state index in [9.17, 15) is 9.59 Å². The molecule has 0 atom stereocenters. The maximum absolute atomic E-state index is 12.1. The van der Waals surface area contributed by atoms with Crippen molar-refractivity contribution in [3.05, 3.63) is 70.9 Å². The molecule has 2 aliphatic rings. The summed E-state index contributed by atoms with van der Waals surface area (Å²) >= 11 is 0. The van der Waals surface area contributed by atoms with Crippen molar-refractivity contribution >= 4 is 29.5 Å². The van der Waals surface area contributed by atoms with E-state index in [1.165, 1.54) is 0 Å². The number of nitrogens with zero attached hydrogens (tertiary/aromatic N) is 3. The van der Waals surface area contributed by atoms with Crippen LogP contribution in [-0.2, 0) is 14.3 Å². The third kappa shape index (κ3) is 3.35. The Labute approximate surface area is 156 Å². The van der Waals surface area contributed by atoms with Crippen molar-refractivity contribution in [2.24, 2.45) is 4.99 Å². The predicted molar refractivity (Wildman–Crippen MR) is 99.8 cm³/mol. The lowest BCUT2D eigenvalue weighted by atomic mass is 10.1. The number of aliphatic imine (C=N–C) groups is 1. The molecule has 0 radical (unpaired) electrons. The zero-order valence-electron chi connectivity index (χ0n) is 14.4. The first-order valence-corrected chi connectivity index (χ1v) is 8.57. The molecule has 6 heteroatoms. The van der Waals surface area contributed by atoms with Gasteiger partial charge in [0, 0.05) is 24.2 Å². The molecule has 27 heavy (non-hydrogen) atoms. The SMILES string of the molecule is N#Cc1cccc(C=C2N=C(c3ccc(N4CCCC4=O)cc3)OC2=O)c1. The van der Waals surface area contributed by atoms with E-state index in [2.05, 4.69) is 11.1 Å². The first kappa shape index (κ1) is 16.7. The number of nitriles is 1. The van der Waals surface area contributed by atoms with Crippen LogP contribution in [0.2, 0.25) is 0 Å². The molecule has 0 saturated carbocycles. The normalized spacial score (nSPS) is 17.8. The average Bonchev–Trinajstić information content (AvgIpc) is 3.28.